The van der Waals surface area contributed by atoms with Gasteiger partial charge in [-0.25, -0.2) is 0 Å². The van der Waals surface area contributed by atoms with Crippen molar-refractivity contribution in [3.8, 4) is 11.5 Å². The normalized spacial score (nSPS) is 12.4. The van der Waals surface area contributed by atoms with Crippen LogP contribution in [0.1, 0.15) is 43.9 Å². The summed E-state index contributed by atoms with van der Waals surface area (Å²) in [6, 6.07) is 16.7. The molecular weight excluding hydrogens is 296 g/mol. The highest BCUT2D eigenvalue weighted by Gasteiger charge is 2.17. The van der Waals surface area contributed by atoms with Gasteiger partial charge in [-0.3, -0.25) is 4.90 Å². The van der Waals surface area contributed by atoms with Gasteiger partial charge in [-0.1, -0.05) is 44.5 Å². The SMILES string of the molecule is CCCCN(CC)C(CN)c1ccc(Oc2cccc(C)c2)cc1. The first-order valence-electron chi connectivity index (χ1n) is 8.96. The predicted octanol–water partition coefficient (Wildman–Crippen LogP) is 4.91. The van der Waals surface area contributed by atoms with Gasteiger partial charge in [-0.05, 0) is 61.8 Å². The van der Waals surface area contributed by atoms with Crippen molar-refractivity contribution in [2.24, 2.45) is 5.73 Å². The van der Waals surface area contributed by atoms with E-state index in [0.717, 1.165) is 24.6 Å². The first kappa shape index (κ1) is 18.5. The second-order valence-electron chi connectivity index (χ2n) is 6.22. The van der Waals surface area contributed by atoms with E-state index in [2.05, 4.69) is 43.9 Å². The molecule has 0 amide bonds. The number of aryl methyl sites for hydroxylation is 1. The molecule has 0 radical (unpaired) electrons. The van der Waals surface area contributed by atoms with Crippen molar-refractivity contribution in [1.82, 2.24) is 4.90 Å². The van der Waals surface area contributed by atoms with Gasteiger partial charge >= 0.3 is 0 Å². The van der Waals surface area contributed by atoms with Gasteiger partial charge in [0.25, 0.3) is 0 Å². The number of hydrogen-bond donors (Lipinski definition) is 1. The molecule has 0 aliphatic carbocycles. The Kier molecular flexibility index (Phi) is 7.29. The molecule has 3 nitrogen and oxygen atoms in total. The van der Waals surface area contributed by atoms with Crippen LogP contribution < -0.4 is 10.5 Å². The van der Waals surface area contributed by atoms with E-state index in [1.165, 1.54) is 24.0 Å². The van der Waals surface area contributed by atoms with Crippen LogP contribution in [0.25, 0.3) is 0 Å². The average Bonchev–Trinajstić information content (AvgIpc) is 2.60. The third-order valence-electron chi connectivity index (χ3n) is 4.36. The van der Waals surface area contributed by atoms with Crippen LogP contribution in [0.4, 0.5) is 0 Å². The summed E-state index contributed by atoms with van der Waals surface area (Å²) in [6.07, 6.45) is 2.41. The Bertz CT molecular complexity index is 609. The lowest BCUT2D eigenvalue weighted by Gasteiger charge is -2.30. The summed E-state index contributed by atoms with van der Waals surface area (Å²) in [4.78, 5) is 2.46. The van der Waals surface area contributed by atoms with E-state index in [0.29, 0.717) is 6.54 Å². The van der Waals surface area contributed by atoms with Crippen LogP contribution in [-0.4, -0.2) is 24.5 Å². The molecule has 130 valence electrons. The van der Waals surface area contributed by atoms with E-state index in [1.807, 2.05) is 30.3 Å². The lowest BCUT2D eigenvalue weighted by molar-refractivity contribution is 0.209. The first-order chi connectivity index (χ1) is 11.7. The summed E-state index contributed by atoms with van der Waals surface area (Å²) >= 11 is 0. The van der Waals surface area contributed by atoms with Gasteiger partial charge in [0.05, 0.1) is 0 Å². The van der Waals surface area contributed by atoms with Gasteiger partial charge in [0, 0.05) is 12.6 Å². The number of likely N-dealkylation sites (N-methyl/N-ethyl adjacent to an activating group) is 1. The fourth-order valence-electron chi connectivity index (χ4n) is 2.96. The Morgan fingerprint density at radius 2 is 1.79 bits per heavy atom. The molecule has 0 saturated heterocycles. The zero-order chi connectivity index (χ0) is 17.4. The third kappa shape index (κ3) is 5.08. The fraction of sp³-hybridized carbons (Fsp3) is 0.429. The number of unbranched alkanes of at least 4 members (excludes halogenated alkanes) is 1. The predicted molar refractivity (Wildman–Crippen MR) is 102 cm³/mol. The summed E-state index contributed by atoms with van der Waals surface area (Å²) in [5.41, 5.74) is 8.51. The Morgan fingerprint density at radius 1 is 1.04 bits per heavy atom. The Balaban J connectivity index is 2.08. The monoisotopic (exact) mass is 326 g/mol. The molecule has 1 unspecified atom stereocenters. The molecule has 0 aliphatic rings. The molecule has 2 N–H and O–H groups in total. The maximum Gasteiger partial charge on any atom is 0.127 e. The van der Waals surface area contributed by atoms with Crippen molar-refractivity contribution in [3.63, 3.8) is 0 Å². The highest BCUT2D eigenvalue weighted by atomic mass is 16.5. The molecule has 0 fully saturated rings. The van der Waals surface area contributed by atoms with E-state index in [1.54, 1.807) is 0 Å². The van der Waals surface area contributed by atoms with Crippen molar-refractivity contribution in [2.45, 2.75) is 39.7 Å². The molecule has 0 heterocycles. The first-order valence-corrected chi connectivity index (χ1v) is 8.96. The van der Waals surface area contributed by atoms with Crippen molar-refractivity contribution < 1.29 is 4.74 Å². The summed E-state index contributed by atoms with van der Waals surface area (Å²) in [5.74, 6) is 1.73. The van der Waals surface area contributed by atoms with Crippen molar-refractivity contribution in [3.05, 3.63) is 59.7 Å². The molecular formula is C21H30N2O. The molecule has 2 rings (SSSR count). The Labute approximate surface area is 146 Å². The van der Waals surface area contributed by atoms with E-state index >= 15 is 0 Å². The quantitative estimate of drug-likeness (QED) is 0.711. The van der Waals surface area contributed by atoms with Crippen LogP contribution in [0.2, 0.25) is 0 Å². The zero-order valence-electron chi connectivity index (χ0n) is 15.2. The van der Waals surface area contributed by atoms with Gasteiger partial charge in [0.2, 0.25) is 0 Å². The number of nitrogens with two attached hydrogens (primary N) is 1. The molecule has 0 spiro atoms. The highest BCUT2D eigenvalue weighted by Crippen LogP contribution is 2.26. The lowest BCUT2D eigenvalue weighted by Crippen LogP contribution is -2.34. The van der Waals surface area contributed by atoms with Gasteiger partial charge in [-0.2, -0.15) is 0 Å². The van der Waals surface area contributed by atoms with Crippen LogP contribution in [0.5, 0.6) is 11.5 Å². The minimum atomic E-state index is 0.273. The summed E-state index contributed by atoms with van der Waals surface area (Å²) in [6.45, 7) is 9.24. The topological polar surface area (TPSA) is 38.5 Å². The summed E-state index contributed by atoms with van der Waals surface area (Å²) in [7, 11) is 0. The molecule has 1 atom stereocenters. The van der Waals surface area contributed by atoms with Crippen molar-refractivity contribution >= 4 is 0 Å². The van der Waals surface area contributed by atoms with E-state index < -0.39 is 0 Å². The maximum absolute atomic E-state index is 6.06. The Hall–Kier alpha value is -1.84. The lowest BCUT2D eigenvalue weighted by atomic mass is 10.0. The molecule has 0 saturated carbocycles. The van der Waals surface area contributed by atoms with Gasteiger partial charge in [0.1, 0.15) is 11.5 Å². The van der Waals surface area contributed by atoms with Crippen LogP contribution in [0, 0.1) is 6.92 Å². The van der Waals surface area contributed by atoms with E-state index in [4.69, 9.17) is 10.5 Å². The summed E-state index contributed by atoms with van der Waals surface area (Å²) in [5, 5.41) is 0. The molecule has 0 bridgehead atoms. The minimum Gasteiger partial charge on any atom is -0.457 e. The number of rotatable bonds is 9. The van der Waals surface area contributed by atoms with Crippen molar-refractivity contribution in [1.29, 1.82) is 0 Å². The minimum absolute atomic E-state index is 0.273. The molecule has 0 aliphatic heterocycles. The van der Waals surface area contributed by atoms with Crippen LogP contribution in [0.3, 0.4) is 0 Å². The molecule has 2 aromatic rings. The van der Waals surface area contributed by atoms with Crippen LogP contribution in [-0.2, 0) is 0 Å². The van der Waals surface area contributed by atoms with Crippen LogP contribution >= 0.6 is 0 Å². The van der Waals surface area contributed by atoms with E-state index in [9.17, 15) is 0 Å². The third-order valence-corrected chi connectivity index (χ3v) is 4.36. The molecule has 2 aromatic carbocycles. The van der Waals surface area contributed by atoms with Crippen molar-refractivity contribution in [2.75, 3.05) is 19.6 Å². The number of nitrogens with zero attached hydrogens (tertiary/aromatic N) is 1. The number of ether oxygens (including phenoxy) is 1. The van der Waals surface area contributed by atoms with Gasteiger partial charge in [0.15, 0.2) is 0 Å². The zero-order valence-corrected chi connectivity index (χ0v) is 15.2. The average molecular weight is 326 g/mol. The largest absolute Gasteiger partial charge is 0.457 e. The van der Waals surface area contributed by atoms with Crippen LogP contribution in [0.15, 0.2) is 48.5 Å². The molecule has 24 heavy (non-hydrogen) atoms. The second kappa shape index (κ2) is 9.45. The standard InChI is InChI=1S/C21H30N2O/c1-4-6-14-23(5-2)21(16-22)18-10-12-19(13-11-18)24-20-9-7-8-17(3)15-20/h7-13,15,21H,4-6,14,16,22H2,1-3H3. The number of hydrogen-bond acceptors (Lipinski definition) is 3. The Morgan fingerprint density at radius 3 is 2.38 bits per heavy atom. The summed E-state index contributed by atoms with van der Waals surface area (Å²) < 4.78 is 5.93. The van der Waals surface area contributed by atoms with Gasteiger partial charge in [-0.15, -0.1) is 0 Å². The van der Waals surface area contributed by atoms with Gasteiger partial charge < -0.3 is 10.5 Å². The van der Waals surface area contributed by atoms with E-state index in [-0.39, 0.29) is 6.04 Å². The maximum atomic E-state index is 6.06. The highest BCUT2D eigenvalue weighted by molar-refractivity contribution is 5.35. The smallest absolute Gasteiger partial charge is 0.127 e. The number of benzene rings is 2. The molecule has 3 heteroatoms. The molecule has 0 aromatic heterocycles. The second-order valence-corrected chi connectivity index (χ2v) is 6.22. The fourth-order valence-corrected chi connectivity index (χ4v) is 2.96.